The van der Waals surface area contributed by atoms with Crippen LogP contribution in [0, 0.1) is 6.92 Å². The van der Waals surface area contributed by atoms with Gasteiger partial charge in [0.2, 0.25) is 0 Å². The standard InChI is InChI=1S/C12H22N4O3S/c1-10-11(9-17)12(15-14-10)20(18,19)13-5-8-16-6-3-2-4-7-16/h13,17H,2-9H2,1H3,(H,14,15). The Morgan fingerprint density at radius 3 is 2.70 bits per heavy atom. The molecular formula is C12H22N4O3S. The first-order valence-corrected chi connectivity index (χ1v) is 8.39. The number of nitrogens with one attached hydrogen (secondary N) is 2. The average molecular weight is 302 g/mol. The van der Waals surface area contributed by atoms with E-state index in [2.05, 4.69) is 19.8 Å². The van der Waals surface area contributed by atoms with Gasteiger partial charge in [-0.15, -0.1) is 0 Å². The van der Waals surface area contributed by atoms with Gasteiger partial charge in [-0.3, -0.25) is 5.10 Å². The van der Waals surface area contributed by atoms with E-state index in [1.54, 1.807) is 6.92 Å². The Balaban J connectivity index is 1.93. The summed E-state index contributed by atoms with van der Waals surface area (Å²) in [5, 5.41) is 15.5. The van der Waals surface area contributed by atoms with Crippen molar-refractivity contribution in [3.63, 3.8) is 0 Å². The number of aryl methyl sites for hydroxylation is 1. The minimum atomic E-state index is -3.66. The molecule has 0 amide bonds. The molecule has 7 nitrogen and oxygen atoms in total. The molecule has 1 saturated heterocycles. The number of rotatable bonds is 6. The number of likely N-dealkylation sites (tertiary alicyclic amines) is 1. The van der Waals surface area contributed by atoms with Gasteiger partial charge in [-0.05, 0) is 32.9 Å². The molecule has 0 saturated carbocycles. The lowest BCUT2D eigenvalue weighted by molar-refractivity contribution is 0.232. The van der Waals surface area contributed by atoms with Crippen molar-refractivity contribution in [2.24, 2.45) is 0 Å². The van der Waals surface area contributed by atoms with Gasteiger partial charge in [0.1, 0.15) is 0 Å². The van der Waals surface area contributed by atoms with Crippen molar-refractivity contribution < 1.29 is 13.5 Å². The van der Waals surface area contributed by atoms with E-state index in [1.807, 2.05) is 0 Å². The maximum Gasteiger partial charge on any atom is 0.260 e. The summed E-state index contributed by atoms with van der Waals surface area (Å²) >= 11 is 0. The van der Waals surface area contributed by atoms with Crippen LogP contribution < -0.4 is 4.72 Å². The number of aromatic amines is 1. The van der Waals surface area contributed by atoms with Gasteiger partial charge in [0, 0.05) is 24.3 Å². The molecule has 1 aliphatic heterocycles. The molecule has 0 bridgehead atoms. The highest BCUT2D eigenvalue weighted by atomic mass is 32.2. The number of aromatic nitrogens is 2. The molecule has 0 spiro atoms. The van der Waals surface area contributed by atoms with Crippen molar-refractivity contribution in [2.45, 2.75) is 37.8 Å². The third kappa shape index (κ3) is 3.57. The zero-order valence-electron chi connectivity index (χ0n) is 11.7. The second-order valence-corrected chi connectivity index (χ2v) is 6.77. The highest BCUT2D eigenvalue weighted by Gasteiger charge is 2.23. The molecule has 8 heteroatoms. The van der Waals surface area contributed by atoms with Crippen molar-refractivity contribution in [2.75, 3.05) is 26.2 Å². The second-order valence-electron chi connectivity index (χ2n) is 5.09. The fourth-order valence-corrected chi connectivity index (χ4v) is 3.63. The molecule has 114 valence electrons. The van der Waals surface area contributed by atoms with Crippen LogP contribution in [0.25, 0.3) is 0 Å². The van der Waals surface area contributed by atoms with Crippen LogP contribution in [0.2, 0.25) is 0 Å². The number of H-pyrrole nitrogens is 1. The molecule has 2 heterocycles. The summed E-state index contributed by atoms with van der Waals surface area (Å²) in [7, 11) is -3.66. The van der Waals surface area contributed by atoms with Crippen molar-refractivity contribution >= 4 is 10.0 Å². The fourth-order valence-electron chi connectivity index (χ4n) is 2.43. The van der Waals surface area contributed by atoms with Crippen LogP contribution in [0.3, 0.4) is 0 Å². The number of aliphatic hydroxyl groups is 1. The van der Waals surface area contributed by atoms with Crippen LogP contribution in [-0.4, -0.2) is 54.8 Å². The second kappa shape index (κ2) is 6.66. The van der Waals surface area contributed by atoms with E-state index in [1.165, 1.54) is 19.3 Å². The lowest BCUT2D eigenvalue weighted by Crippen LogP contribution is -2.37. The maximum absolute atomic E-state index is 12.1. The van der Waals surface area contributed by atoms with Gasteiger partial charge in [0.25, 0.3) is 10.0 Å². The van der Waals surface area contributed by atoms with Gasteiger partial charge in [-0.2, -0.15) is 5.10 Å². The quantitative estimate of drug-likeness (QED) is 0.686. The minimum Gasteiger partial charge on any atom is -0.392 e. The molecule has 2 rings (SSSR count). The van der Waals surface area contributed by atoms with E-state index < -0.39 is 10.0 Å². The van der Waals surface area contributed by atoms with Gasteiger partial charge < -0.3 is 10.0 Å². The van der Waals surface area contributed by atoms with Crippen molar-refractivity contribution in [3.05, 3.63) is 11.3 Å². The third-order valence-electron chi connectivity index (χ3n) is 3.62. The zero-order chi connectivity index (χ0) is 14.6. The first-order chi connectivity index (χ1) is 9.54. The molecular weight excluding hydrogens is 280 g/mol. The van der Waals surface area contributed by atoms with E-state index in [-0.39, 0.29) is 11.6 Å². The summed E-state index contributed by atoms with van der Waals surface area (Å²) in [6.07, 6.45) is 3.62. The normalized spacial score (nSPS) is 17.5. The van der Waals surface area contributed by atoms with Crippen LogP contribution in [0.15, 0.2) is 5.03 Å². The maximum atomic E-state index is 12.1. The lowest BCUT2D eigenvalue weighted by Gasteiger charge is -2.26. The molecule has 1 aromatic heterocycles. The molecule has 1 aliphatic rings. The third-order valence-corrected chi connectivity index (χ3v) is 5.05. The molecule has 0 unspecified atom stereocenters. The summed E-state index contributed by atoms with van der Waals surface area (Å²) in [6, 6.07) is 0. The Labute approximate surface area is 119 Å². The number of hydrogen-bond acceptors (Lipinski definition) is 5. The van der Waals surface area contributed by atoms with Gasteiger partial charge >= 0.3 is 0 Å². The van der Waals surface area contributed by atoms with E-state index in [0.29, 0.717) is 24.3 Å². The van der Waals surface area contributed by atoms with E-state index in [9.17, 15) is 13.5 Å². The number of piperidine rings is 1. The SMILES string of the molecule is Cc1[nH]nc(S(=O)(=O)NCCN2CCCCC2)c1CO. The van der Waals surface area contributed by atoms with E-state index in [4.69, 9.17) is 0 Å². The highest BCUT2D eigenvalue weighted by Crippen LogP contribution is 2.15. The fraction of sp³-hybridized carbons (Fsp3) is 0.750. The summed E-state index contributed by atoms with van der Waals surface area (Å²) in [6.45, 7) is 4.47. The lowest BCUT2D eigenvalue weighted by atomic mass is 10.1. The van der Waals surface area contributed by atoms with Gasteiger partial charge in [0.05, 0.1) is 6.61 Å². The number of nitrogens with zero attached hydrogens (tertiary/aromatic N) is 2. The summed E-state index contributed by atoms with van der Waals surface area (Å²) in [5.41, 5.74) is 0.902. The monoisotopic (exact) mass is 302 g/mol. The minimum absolute atomic E-state index is 0.101. The van der Waals surface area contributed by atoms with Crippen LogP contribution in [0.5, 0.6) is 0 Å². The smallest absolute Gasteiger partial charge is 0.260 e. The molecule has 0 radical (unpaired) electrons. The summed E-state index contributed by atoms with van der Waals surface area (Å²) in [4.78, 5) is 2.26. The Bertz CT molecular complexity index is 535. The van der Waals surface area contributed by atoms with Gasteiger partial charge in [-0.1, -0.05) is 6.42 Å². The number of sulfonamides is 1. The first-order valence-electron chi connectivity index (χ1n) is 6.91. The van der Waals surface area contributed by atoms with Crippen LogP contribution in [0.1, 0.15) is 30.5 Å². The summed E-state index contributed by atoms with van der Waals surface area (Å²) in [5.74, 6) is 0. The van der Waals surface area contributed by atoms with Crippen molar-refractivity contribution in [1.82, 2.24) is 19.8 Å². The van der Waals surface area contributed by atoms with E-state index >= 15 is 0 Å². The topological polar surface area (TPSA) is 98.3 Å². The molecule has 0 aliphatic carbocycles. The van der Waals surface area contributed by atoms with Gasteiger partial charge in [-0.25, -0.2) is 13.1 Å². The molecule has 3 N–H and O–H groups in total. The molecule has 0 atom stereocenters. The number of aliphatic hydroxyl groups excluding tert-OH is 1. The van der Waals surface area contributed by atoms with Crippen LogP contribution in [-0.2, 0) is 16.6 Å². The number of hydrogen-bond donors (Lipinski definition) is 3. The molecule has 0 aromatic carbocycles. The molecule has 20 heavy (non-hydrogen) atoms. The predicted molar refractivity (Wildman–Crippen MR) is 74.7 cm³/mol. The highest BCUT2D eigenvalue weighted by molar-refractivity contribution is 7.89. The Morgan fingerprint density at radius 2 is 2.05 bits per heavy atom. The zero-order valence-corrected chi connectivity index (χ0v) is 12.5. The average Bonchev–Trinajstić information content (AvgIpc) is 2.81. The Morgan fingerprint density at radius 1 is 1.35 bits per heavy atom. The predicted octanol–water partition coefficient (Wildman–Crippen LogP) is -0.0254. The van der Waals surface area contributed by atoms with Crippen molar-refractivity contribution in [1.29, 1.82) is 0 Å². The Hall–Kier alpha value is -0.960. The van der Waals surface area contributed by atoms with E-state index in [0.717, 1.165) is 13.1 Å². The molecule has 1 fully saturated rings. The largest absolute Gasteiger partial charge is 0.392 e. The molecule has 1 aromatic rings. The first kappa shape index (κ1) is 15.4. The van der Waals surface area contributed by atoms with Crippen molar-refractivity contribution in [3.8, 4) is 0 Å². The van der Waals surface area contributed by atoms with Crippen LogP contribution >= 0.6 is 0 Å². The Kier molecular flexibility index (Phi) is 5.14. The van der Waals surface area contributed by atoms with Crippen LogP contribution in [0.4, 0.5) is 0 Å². The summed E-state index contributed by atoms with van der Waals surface area (Å²) < 4.78 is 26.8. The van der Waals surface area contributed by atoms with Gasteiger partial charge in [0.15, 0.2) is 5.03 Å².